The minimum atomic E-state index is -0.310. The average Bonchev–Trinajstić information content (AvgIpc) is 3.06. The molecule has 2 N–H and O–H groups in total. The lowest BCUT2D eigenvalue weighted by molar-refractivity contribution is -0.112. The van der Waals surface area contributed by atoms with Gasteiger partial charge in [0.05, 0.1) is 22.3 Å². The number of carbonyl (C=O) groups excluding carboxylic acids is 1. The number of nitrogens with zero attached hydrogens (tertiary/aromatic N) is 4. The molecule has 2 heterocycles. The van der Waals surface area contributed by atoms with Gasteiger partial charge in [-0.05, 0) is 31.2 Å². The van der Waals surface area contributed by atoms with Crippen LogP contribution in [-0.4, -0.2) is 25.9 Å². The largest absolute Gasteiger partial charge is 0.401 e. The quantitative estimate of drug-likeness (QED) is 0.255. The van der Waals surface area contributed by atoms with E-state index in [0.29, 0.717) is 5.16 Å². The van der Waals surface area contributed by atoms with Crippen LogP contribution in [0.2, 0.25) is 0 Å². The molecule has 2 aromatic heterocycles. The van der Waals surface area contributed by atoms with Gasteiger partial charge in [-0.3, -0.25) is 9.20 Å². The van der Waals surface area contributed by atoms with Crippen molar-refractivity contribution in [2.75, 3.05) is 5.75 Å². The highest BCUT2D eigenvalue weighted by Crippen LogP contribution is 2.29. The van der Waals surface area contributed by atoms with Gasteiger partial charge in [0, 0.05) is 11.1 Å². The summed E-state index contributed by atoms with van der Waals surface area (Å²) >= 11 is 1.27. The maximum absolute atomic E-state index is 12.4. The van der Waals surface area contributed by atoms with Gasteiger partial charge >= 0.3 is 0 Å². The zero-order valence-electron chi connectivity index (χ0n) is 14.5. The number of hydrogen-bond donors (Lipinski definition) is 1. The highest BCUT2D eigenvalue weighted by molar-refractivity contribution is 7.99. The number of aromatic nitrogens is 3. The van der Waals surface area contributed by atoms with E-state index in [1.807, 2.05) is 59.0 Å². The molecule has 0 radical (unpaired) electrons. The van der Waals surface area contributed by atoms with E-state index >= 15 is 0 Å². The van der Waals surface area contributed by atoms with Crippen LogP contribution in [0.1, 0.15) is 6.92 Å². The Labute approximate surface area is 159 Å². The fraction of sp³-hybridized carbons (Fsp3) is 0.100. The molecule has 0 aliphatic rings. The van der Waals surface area contributed by atoms with Crippen molar-refractivity contribution in [1.29, 1.82) is 5.26 Å². The van der Waals surface area contributed by atoms with Crippen molar-refractivity contribution < 1.29 is 4.79 Å². The molecule has 0 spiro atoms. The van der Waals surface area contributed by atoms with Crippen molar-refractivity contribution in [3.05, 3.63) is 59.8 Å². The summed E-state index contributed by atoms with van der Waals surface area (Å²) in [5.41, 5.74) is 9.25. The molecule has 4 rings (SSSR count). The van der Waals surface area contributed by atoms with Crippen molar-refractivity contribution in [2.24, 2.45) is 5.73 Å². The number of imidazole rings is 1. The third kappa shape index (κ3) is 2.90. The van der Waals surface area contributed by atoms with Gasteiger partial charge in [-0.15, -0.1) is 0 Å². The molecule has 0 atom stereocenters. The van der Waals surface area contributed by atoms with Crippen LogP contribution in [-0.2, 0) is 4.79 Å². The number of Topliss-reactive ketones (excluding diaryl/α,β-unsaturated/α-hetero) is 1. The second kappa shape index (κ2) is 6.74. The monoisotopic (exact) mass is 373 g/mol. The van der Waals surface area contributed by atoms with Gasteiger partial charge in [-0.25, -0.2) is 9.97 Å². The van der Waals surface area contributed by atoms with E-state index in [1.54, 1.807) is 6.92 Å². The number of rotatable bonds is 4. The van der Waals surface area contributed by atoms with E-state index in [9.17, 15) is 4.79 Å². The third-order valence-electron chi connectivity index (χ3n) is 4.23. The summed E-state index contributed by atoms with van der Waals surface area (Å²) in [4.78, 5) is 21.8. The zero-order chi connectivity index (χ0) is 19.0. The summed E-state index contributed by atoms with van der Waals surface area (Å²) in [5, 5.41) is 10.7. The Kier molecular flexibility index (Phi) is 4.26. The van der Waals surface area contributed by atoms with Gasteiger partial charge in [0.2, 0.25) is 0 Å². The standard InChI is InChI=1S/C20H15N5OS/c1-12(22)14(10-21)18(26)11-27-20-24-15-7-3-2-6-13(15)19-23-16-8-4-5-9-17(16)25(19)20/h2-9H,11,22H2,1H3/b14-12+. The van der Waals surface area contributed by atoms with Crippen LogP contribution in [0.25, 0.3) is 27.6 Å². The number of fused-ring (bicyclic) bond motifs is 5. The van der Waals surface area contributed by atoms with Gasteiger partial charge in [-0.1, -0.05) is 36.0 Å². The number of para-hydroxylation sites is 3. The lowest BCUT2D eigenvalue weighted by atomic mass is 10.2. The Balaban J connectivity index is 1.88. The first-order chi connectivity index (χ1) is 13.1. The Bertz CT molecular complexity index is 1280. The van der Waals surface area contributed by atoms with Crippen molar-refractivity contribution in [3.8, 4) is 6.07 Å². The topological polar surface area (TPSA) is 97.1 Å². The third-order valence-corrected chi connectivity index (χ3v) is 5.17. The molecular weight excluding hydrogens is 358 g/mol. The lowest BCUT2D eigenvalue weighted by Crippen LogP contribution is -2.11. The Morgan fingerprint density at radius 3 is 2.59 bits per heavy atom. The van der Waals surface area contributed by atoms with Gasteiger partial charge in [0.15, 0.2) is 10.9 Å². The van der Waals surface area contributed by atoms with E-state index in [-0.39, 0.29) is 22.8 Å². The SMILES string of the molecule is C/C(N)=C(/C#N)C(=O)CSc1nc2ccccc2c2nc3ccccc3n12. The van der Waals surface area contributed by atoms with Crippen molar-refractivity contribution in [2.45, 2.75) is 12.1 Å². The predicted octanol–water partition coefficient (Wildman–Crippen LogP) is 3.45. The maximum Gasteiger partial charge on any atom is 0.185 e. The van der Waals surface area contributed by atoms with Crippen molar-refractivity contribution in [1.82, 2.24) is 14.4 Å². The zero-order valence-corrected chi connectivity index (χ0v) is 15.3. The number of hydrogen-bond acceptors (Lipinski definition) is 6. The molecule has 132 valence electrons. The molecule has 27 heavy (non-hydrogen) atoms. The van der Waals surface area contributed by atoms with E-state index < -0.39 is 0 Å². The number of thioether (sulfide) groups is 1. The van der Waals surface area contributed by atoms with Gasteiger partial charge in [0.25, 0.3) is 0 Å². The second-order valence-electron chi connectivity index (χ2n) is 6.05. The van der Waals surface area contributed by atoms with Crippen molar-refractivity contribution in [3.63, 3.8) is 0 Å². The maximum atomic E-state index is 12.4. The Morgan fingerprint density at radius 2 is 1.85 bits per heavy atom. The number of allylic oxidation sites excluding steroid dienone is 2. The van der Waals surface area contributed by atoms with Crippen LogP contribution in [0.5, 0.6) is 0 Å². The van der Waals surface area contributed by atoms with E-state index in [2.05, 4.69) is 0 Å². The molecule has 6 nitrogen and oxygen atoms in total. The first-order valence-electron chi connectivity index (χ1n) is 8.28. The molecule has 0 fully saturated rings. The minimum absolute atomic E-state index is 0.00461. The summed E-state index contributed by atoms with van der Waals surface area (Å²) < 4.78 is 1.96. The number of nitrogens with two attached hydrogens (primary N) is 1. The summed E-state index contributed by atoms with van der Waals surface area (Å²) in [7, 11) is 0. The van der Waals surface area contributed by atoms with E-state index in [0.717, 1.165) is 27.6 Å². The van der Waals surface area contributed by atoms with Crippen LogP contribution in [0.15, 0.2) is 65.0 Å². The Morgan fingerprint density at radius 1 is 1.15 bits per heavy atom. The van der Waals surface area contributed by atoms with Crippen LogP contribution in [0.4, 0.5) is 0 Å². The first kappa shape index (κ1) is 17.1. The highest BCUT2D eigenvalue weighted by atomic mass is 32.2. The smallest absolute Gasteiger partial charge is 0.185 e. The van der Waals surface area contributed by atoms with E-state index in [4.69, 9.17) is 21.0 Å². The highest BCUT2D eigenvalue weighted by Gasteiger charge is 2.17. The van der Waals surface area contributed by atoms with Crippen LogP contribution >= 0.6 is 11.8 Å². The summed E-state index contributed by atoms with van der Waals surface area (Å²) in [5.74, 6) is -0.236. The van der Waals surface area contributed by atoms with Crippen LogP contribution < -0.4 is 5.73 Å². The number of ketones is 1. The predicted molar refractivity (Wildman–Crippen MR) is 106 cm³/mol. The molecule has 0 saturated carbocycles. The normalized spacial score (nSPS) is 12.3. The number of carbonyl (C=O) groups is 1. The number of nitriles is 1. The molecular formula is C20H15N5OS. The first-order valence-corrected chi connectivity index (χ1v) is 9.27. The molecule has 0 aliphatic heterocycles. The molecule has 2 aromatic carbocycles. The van der Waals surface area contributed by atoms with Gasteiger partial charge in [-0.2, -0.15) is 5.26 Å². The molecule has 7 heteroatoms. The van der Waals surface area contributed by atoms with E-state index in [1.165, 1.54) is 11.8 Å². The molecule has 0 saturated heterocycles. The fourth-order valence-electron chi connectivity index (χ4n) is 2.98. The molecule has 0 aliphatic carbocycles. The minimum Gasteiger partial charge on any atom is -0.401 e. The van der Waals surface area contributed by atoms with Crippen LogP contribution in [0, 0.1) is 11.3 Å². The van der Waals surface area contributed by atoms with Gasteiger partial charge in [0.1, 0.15) is 17.3 Å². The Hall–Kier alpha value is -3.37. The summed E-state index contributed by atoms with van der Waals surface area (Å²) in [6.45, 7) is 1.55. The second-order valence-corrected chi connectivity index (χ2v) is 7.00. The van der Waals surface area contributed by atoms with Crippen molar-refractivity contribution >= 4 is 45.1 Å². The molecule has 4 aromatic rings. The average molecular weight is 373 g/mol. The lowest BCUT2D eigenvalue weighted by Gasteiger charge is -2.08. The molecule has 0 unspecified atom stereocenters. The van der Waals surface area contributed by atoms with Gasteiger partial charge < -0.3 is 5.73 Å². The fourth-order valence-corrected chi connectivity index (χ4v) is 3.86. The summed E-state index contributed by atoms with van der Waals surface area (Å²) in [6, 6.07) is 17.5. The number of benzene rings is 2. The van der Waals surface area contributed by atoms with Crippen LogP contribution in [0.3, 0.4) is 0 Å². The molecule has 0 amide bonds. The summed E-state index contributed by atoms with van der Waals surface area (Å²) in [6.07, 6.45) is 0. The molecule has 0 bridgehead atoms.